The van der Waals surface area contributed by atoms with Crippen molar-refractivity contribution in [3.8, 4) is 22.6 Å². The number of halogens is 2. The van der Waals surface area contributed by atoms with Crippen molar-refractivity contribution in [1.29, 1.82) is 0 Å². The Morgan fingerprint density at radius 2 is 1.90 bits per heavy atom. The fraction of sp³-hybridized carbons (Fsp3) is 0.133. The van der Waals surface area contributed by atoms with Crippen LogP contribution in [0.5, 0.6) is 0 Å². The molecule has 2 aromatic heterocycles. The van der Waals surface area contributed by atoms with Crippen LogP contribution in [0.4, 0.5) is 0 Å². The van der Waals surface area contributed by atoms with Gasteiger partial charge in [-0.25, -0.2) is 9.97 Å². The quantitative estimate of drug-likeness (QED) is 0.666. The molecule has 0 aliphatic heterocycles. The molecule has 0 fully saturated rings. The van der Waals surface area contributed by atoms with Gasteiger partial charge in [-0.15, -0.1) is 0 Å². The van der Waals surface area contributed by atoms with Crippen molar-refractivity contribution in [3.63, 3.8) is 0 Å². The van der Waals surface area contributed by atoms with Crippen LogP contribution in [0.3, 0.4) is 0 Å². The summed E-state index contributed by atoms with van der Waals surface area (Å²) < 4.78 is 1.72. The normalized spacial score (nSPS) is 10.9. The van der Waals surface area contributed by atoms with Gasteiger partial charge >= 0.3 is 0 Å². The molecule has 3 rings (SSSR count). The molecule has 0 amide bonds. The number of aromatic nitrogens is 4. The Morgan fingerprint density at radius 3 is 2.57 bits per heavy atom. The fourth-order valence-corrected chi connectivity index (χ4v) is 2.53. The molecule has 106 valence electrons. The van der Waals surface area contributed by atoms with E-state index in [1.54, 1.807) is 16.9 Å². The molecule has 0 spiro atoms. The Labute approximate surface area is 132 Å². The zero-order valence-corrected chi connectivity index (χ0v) is 13.0. The summed E-state index contributed by atoms with van der Waals surface area (Å²) in [6.07, 6.45) is 3.63. The number of hydrogen-bond donors (Lipinski definition) is 0. The highest BCUT2D eigenvalue weighted by Crippen LogP contribution is 2.27. The third-order valence-corrected chi connectivity index (χ3v) is 3.55. The Kier molecular flexibility index (Phi) is 3.66. The monoisotopic (exact) mass is 318 g/mol. The van der Waals surface area contributed by atoms with Crippen LogP contribution in [0.15, 0.2) is 36.7 Å². The van der Waals surface area contributed by atoms with Crippen molar-refractivity contribution < 1.29 is 0 Å². The topological polar surface area (TPSA) is 43.6 Å². The van der Waals surface area contributed by atoms with E-state index in [1.165, 1.54) is 0 Å². The summed E-state index contributed by atoms with van der Waals surface area (Å²) in [5, 5.41) is 5.23. The number of nitrogens with zero attached hydrogens (tertiary/aromatic N) is 4. The van der Waals surface area contributed by atoms with Crippen LogP contribution >= 0.6 is 23.2 Å². The highest BCUT2D eigenvalue weighted by molar-refractivity contribution is 6.30. The maximum Gasteiger partial charge on any atom is 0.161 e. The van der Waals surface area contributed by atoms with Gasteiger partial charge in [-0.05, 0) is 30.7 Å². The Morgan fingerprint density at radius 1 is 1.10 bits per heavy atom. The van der Waals surface area contributed by atoms with Crippen LogP contribution in [0.25, 0.3) is 22.6 Å². The molecule has 0 radical (unpaired) electrons. The molecular formula is C15H12Cl2N4. The van der Waals surface area contributed by atoms with Crippen LogP contribution in [-0.2, 0) is 7.05 Å². The van der Waals surface area contributed by atoms with Crippen LogP contribution < -0.4 is 0 Å². The van der Waals surface area contributed by atoms with Crippen molar-refractivity contribution >= 4 is 23.2 Å². The van der Waals surface area contributed by atoms with E-state index in [2.05, 4.69) is 15.1 Å². The predicted molar refractivity (Wildman–Crippen MR) is 84.4 cm³/mol. The van der Waals surface area contributed by atoms with Gasteiger partial charge in [0.05, 0.1) is 11.9 Å². The lowest BCUT2D eigenvalue weighted by molar-refractivity contribution is 0.768. The summed E-state index contributed by atoms with van der Waals surface area (Å²) in [6, 6.07) is 7.33. The zero-order chi connectivity index (χ0) is 15.0. The lowest BCUT2D eigenvalue weighted by atomic mass is 10.1. The van der Waals surface area contributed by atoms with Gasteiger partial charge in [0.1, 0.15) is 5.15 Å². The van der Waals surface area contributed by atoms with Crippen molar-refractivity contribution in [2.45, 2.75) is 6.92 Å². The molecule has 6 heteroatoms. The van der Waals surface area contributed by atoms with Gasteiger partial charge < -0.3 is 0 Å². The van der Waals surface area contributed by atoms with Gasteiger partial charge in [-0.3, -0.25) is 4.68 Å². The molecule has 4 nitrogen and oxygen atoms in total. The minimum atomic E-state index is 0.396. The molecule has 3 aromatic rings. The van der Waals surface area contributed by atoms with Gasteiger partial charge in [0.15, 0.2) is 5.82 Å². The van der Waals surface area contributed by atoms with Crippen LogP contribution in [0.1, 0.15) is 5.56 Å². The van der Waals surface area contributed by atoms with E-state index < -0.39 is 0 Å². The molecule has 0 aliphatic carbocycles. The van der Waals surface area contributed by atoms with Crippen molar-refractivity contribution in [2.24, 2.45) is 7.05 Å². The SMILES string of the molecule is Cc1cc(Cl)ccc1-c1nc(Cl)cc(-c2cnn(C)c2)n1. The summed E-state index contributed by atoms with van der Waals surface area (Å²) in [4.78, 5) is 8.90. The molecule has 0 aliphatic rings. The second-order valence-corrected chi connectivity index (χ2v) is 5.59. The molecule has 0 atom stereocenters. The van der Waals surface area contributed by atoms with Crippen molar-refractivity contribution in [1.82, 2.24) is 19.7 Å². The van der Waals surface area contributed by atoms with Gasteiger partial charge in [0.25, 0.3) is 0 Å². The third kappa shape index (κ3) is 2.91. The Hall–Kier alpha value is -1.91. The van der Waals surface area contributed by atoms with E-state index in [0.717, 1.165) is 22.4 Å². The zero-order valence-electron chi connectivity index (χ0n) is 11.5. The van der Waals surface area contributed by atoms with Crippen LogP contribution in [-0.4, -0.2) is 19.7 Å². The third-order valence-electron chi connectivity index (χ3n) is 3.12. The lowest BCUT2D eigenvalue weighted by Crippen LogP contribution is -1.94. The maximum atomic E-state index is 6.14. The first-order chi connectivity index (χ1) is 10.0. The largest absolute Gasteiger partial charge is 0.275 e. The van der Waals surface area contributed by atoms with Crippen molar-refractivity contribution in [2.75, 3.05) is 0 Å². The molecule has 1 aromatic carbocycles. The number of aryl methyl sites for hydroxylation is 2. The highest BCUT2D eigenvalue weighted by atomic mass is 35.5. The molecule has 2 heterocycles. The second kappa shape index (κ2) is 5.47. The van der Waals surface area contributed by atoms with Gasteiger partial charge in [-0.1, -0.05) is 23.2 Å². The predicted octanol–water partition coefficient (Wildman–Crippen LogP) is 4.16. The molecule has 21 heavy (non-hydrogen) atoms. The summed E-state index contributed by atoms with van der Waals surface area (Å²) >= 11 is 12.1. The minimum Gasteiger partial charge on any atom is -0.275 e. The second-order valence-electron chi connectivity index (χ2n) is 4.76. The van der Waals surface area contributed by atoms with Gasteiger partial charge in [0.2, 0.25) is 0 Å². The number of hydrogen-bond acceptors (Lipinski definition) is 3. The number of rotatable bonds is 2. The van der Waals surface area contributed by atoms with Crippen molar-refractivity contribution in [3.05, 3.63) is 52.4 Å². The smallest absolute Gasteiger partial charge is 0.161 e. The lowest BCUT2D eigenvalue weighted by Gasteiger charge is -2.07. The highest BCUT2D eigenvalue weighted by Gasteiger charge is 2.11. The standard InChI is InChI=1S/C15H12Cl2N4/c1-9-5-11(16)3-4-12(9)15-19-13(6-14(17)20-15)10-7-18-21(2)8-10/h3-8H,1-2H3. The van der Waals surface area contributed by atoms with E-state index in [4.69, 9.17) is 23.2 Å². The molecular weight excluding hydrogens is 307 g/mol. The summed E-state index contributed by atoms with van der Waals surface area (Å²) in [5.41, 5.74) is 3.55. The van der Waals surface area contributed by atoms with Crippen LogP contribution in [0, 0.1) is 6.92 Å². The van der Waals surface area contributed by atoms with E-state index in [0.29, 0.717) is 16.0 Å². The van der Waals surface area contributed by atoms with E-state index >= 15 is 0 Å². The summed E-state index contributed by atoms with van der Waals surface area (Å²) in [7, 11) is 1.86. The van der Waals surface area contributed by atoms with Gasteiger partial charge in [0, 0.05) is 35.5 Å². The van der Waals surface area contributed by atoms with E-state index in [1.807, 2.05) is 38.4 Å². The summed E-state index contributed by atoms with van der Waals surface area (Å²) in [6.45, 7) is 1.97. The summed E-state index contributed by atoms with van der Waals surface area (Å²) in [5.74, 6) is 0.579. The molecule has 0 bridgehead atoms. The average molecular weight is 319 g/mol. The molecule has 0 saturated heterocycles. The first-order valence-electron chi connectivity index (χ1n) is 6.33. The Bertz CT molecular complexity index is 811. The molecule has 0 unspecified atom stereocenters. The van der Waals surface area contributed by atoms with Gasteiger partial charge in [-0.2, -0.15) is 5.10 Å². The Balaban J connectivity index is 2.13. The molecule has 0 N–H and O–H groups in total. The first-order valence-corrected chi connectivity index (χ1v) is 7.08. The molecule has 0 saturated carbocycles. The number of benzene rings is 1. The maximum absolute atomic E-state index is 6.14. The minimum absolute atomic E-state index is 0.396. The fourth-order valence-electron chi connectivity index (χ4n) is 2.12. The first kappa shape index (κ1) is 14.0. The van der Waals surface area contributed by atoms with E-state index in [-0.39, 0.29) is 0 Å². The van der Waals surface area contributed by atoms with E-state index in [9.17, 15) is 0 Å². The van der Waals surface area contributed by atoms with Crippen LogP contribution in [0.2, 0.25) is 10.2 Å². The average Bonchev–Trinajstić information content (AvgIpc) is 2.84.